The molecule has 0 saturated carbocycles. The van der Waals surface area contributed by atoms with Crippen LogP contribution in [0.15, 0.2) is 0 Å². The lowest BCUT2D eigenvalue weighted by Crippen LogP contribution is -2.37. The van der Waals surface area contributed by atoms with E-state index in [1.165, 1.54) is 0 Å². The van der Waals surface area contributed by atoms with Crippen molar-refractivity contribution in [1.29, 1.82) is 0 Å². The standard InChI is InChI=1S/C14H27BrO6/c1-14(2,3)12(13(16)17)21-11-10-20-9-8-19-7-6-18-5-4-15/h12H,4-11H2,1-3H3,(H,16,17). The summed E-state index contributed by atoms with van der Waals surface area (Å²) in [5, 5.41) is 9.89. The van der Waals surface area contributed by atoms with E-state index in [1.54, 1.807) is 0 Å². The molecule has 0 aliphatic heterocycles. The van der Waals surface area contributed by atoms with Gasteiger partial charge in [-0.3, -0.25) is 0 Å². The Morgan fingerprint density at radius 3 is 1.76 bits per heavy atom. The summed E-state index contributed by atoms with van der Waals surface area (Å²) >= 11 is 3.26. The van der Waals surface area contributed by atoms with Gasteiger partial charge in [0.25, 0.3) is 0 Å². The Labute approximate surface area is 135 Å². The molecule has 1 unspecified atom stereocenters. The number of halogens is 1. The number of alkyl halides is 1. The number of hydrogen-bond donors (Lipinski definition) is 1. The maximum absolute atomic E-state index is 11.1. The predicted molar refractivity (Wildman–Crippen MR) is 83.1 cm³/mol. The van der Waals surface area contributed by atoms with Crippen molar-refractivity contribution in [3.05, 3.63) is 0 Å². The Hall–Kier alpha value is -0.210. The van der Waals surface area contributed by atoms with Gasteiger partial charge in [-0.15, -0.1) is 0 Å². The van der Waals surface area contributed by atoms with Crippen molar-refractivity contribution in [2.45, 2.75) is 26.9 Å². The van der Waals surface area contributed by atoms with E-state index in [-0.39, 0.29) is 6.61 Å². The summed E-state index contributed by atoms with van der Waals surface area (Å²) in [5.41, 5.74) is -0.440. The second-order valence-corrected chi connectivity index (χ2v) is 6.27. The number of carboxylic acid groups (broad SMARTS) is 1. The number of hydrogen-bond acceptors (Lipinski definition) is 5. The van der Waals surface area contributed by atoms with Crippen LogP contribution in [0.5, 0.6) is 0 Å². The lowest BCUT2D eigenvalue weighted by Gasteiger charge is -2.26. The highest BCUT2D eigenvalue weighted by Gasteiger charge is 2.31. The SMILES string of the molecule is CC(C)(C)C(OCCOCCOCCOCCBr)C(=O)O. The number of carboxylic acids is 1. The molecule has 0 rings (SSSR count). The monoisotopic (exact) mass is 370 g/mol. The minimum absolute atomic E-state index is 0.253. The zero-order valence-electron chi connectivity index (χ0n) is 13.1. The van der Waals surface area contributed by atoms with Crippen LogP contribution in [0.3, 0.4) is 0 Å². The molecular weight excluding hydrogens is 344 g/mol. The van der Waals surface area contributed by atoms with Gasteiger partial charge in [-0.05, 0) is 5.41 Å². The number of rotatable bonds is 13. The van der Waals surface area contributed by atoms with Crippen LogP contribution in [0.4, 0.5) is 0 Å². The fraction of sp³-hybridized carbons (Fsp3) is 0.929. The van der Waals surface area contributed by atoms with Gasteiger partial charge in [0.05, 0.1) is 46.2 Å². The molecule has 0 spiro atoms. The van der Waals surface area contributed by atoms with Crippen LogP contribution in [0.1, 0.15) is 20.8 Å². The van der Waals surface area contributed by atoms with Crippen LogP contribution in [-0.2, 0) is 23.7 Å². The minimum Gasteiger partial charge on any atom is -0.479 e. The van der Waals surface area contributed by atoms with Gasteiger partial charge < -0.3 is 24.1 Å². The van der Waals surface area contributed by atoms with Crippen LogP contribution in [0.2, 0.25) is 0 Å². The van der Waals surface area contributed by atoms with Gasteiger partial charge in [-0.25, -0.2) is 4.79 Å². The lowest BCUT2D eigenvalue weighted by molar-refractivity contribution is -0.159. The van der Waals surface area contributed by atoms with Crippen molar-refractivity contribution in [3.63, 3.8) is 0 Å². The highest BCUT2D eigenvalue weighted by Crippen LogP contribution is 2.22. The van der Waals surface area contributed by atoms with Crippen molar-refractivity contribution < 1.29 is 28.8 Å². The smallest absolute Gasteiger partial charge is 0.333 e. The first-order valence-electron chi connectivity index (χ1n) is 7.03. The molecule has 0 radical (unpaired) electrons. The largest absolute Gasteiger partial charge is 0.479 e. The van der Waals surface area contributed by atoms with Crippen molar-refractivity contribution in [2.75, 3.05) is 51.6 Å². The number of ether oxygens (including phenoxy) is 4. The molecule has 0 aromatic rings. The quantitative estimate of drug-likeness (QED) is 0.394. The Bertz CT molecular complexity index is 267. The Balaban J connectivity index is 3.45. The van der Waals surface area contributed by atoms with Crippen LogP contribution >= 0.6 is 15.9 Å². The maximum atomic E-state index is 11.1. The van der Waals surface area contributed by atoms with E-state index in [4.69, 9.17) is 24.1 Å². The van der Waals surface area contributed by atoms with Crippen molar-refractivity contribution in [1.82, 2.24) is 0 Å². The van der Waals surface area contributed by atoms with E-state index in [0.29, 0.717) is 39.6 Å². The predicted octanol–water partition coefficient (Wildman–Crippen LogP) is 1.95. The van der Waals surface area contributed by atoms with E-state index in [0.717, 1.165) is 5.33 Å². The summed E-state index contributed by atoms with van der Waals surface area (Å²) in [6, 6.07) is 0. The van der Waals surface area contributed by atoms with Gasteiger partial charge in [0.2, 0.25) is 0 Å². The molecule has 126 valence electrons. The Morgan fingerprint density at radius 1 is 0.952 bits per heavy atom. The van der Waals surface area contributed by atoms with Crippen LogP contribution < -0.4 is 0 Å². The third-order valence-electron chi connectivity index (χ3n) is 2.49. The average Bonchev–Trinajstić information content (AvgIpc) is 2.38. The molecule has 0 aromatic carbocycles. The van der Waals surface area contributed by atoms with Gasteiger partial charge >= 0.3 is 5.97 Å². The van der Waals surface area contributed by atoms with Gasteiger partial charge in [0.1, 0.15) is 0 Å². The third-order valence-corrected chi connectivity index (χ3v) is 2.81. The summed E-state index contributed by atoms with van der Waals surface area (Å²) in [6.07, 6.45) is -0.830. The zero-order valence-corrected chi connectivity index (χ0v) is 14.7. The first-order valence-corrected chi connectivity index (χ1v) is 8.15. The molecular formula is C14H27BrO6. The van der Waals surface area contributed by atoms with Crippen LogP contribution in [0.25, 0.3) is 0 Å². The highest BCUT2D eigenvalue weighted by atomic mass is 79.9. The van der Waals surface area contributed by atoms with Gasteiger partial charge in [-0.1, -0.05) is 36.7 Å². The second kappa shape index (κ2) is 12.3. The molecule has 0 aromatic heterocycles. The summed E-state index contributed by atoms with van der Waals surface area (Å²) in [5.74, 6) is -0.950. The highest BCUT2D eigenvalue weighted by molar-refractivity contribution is 9.09. The number of aliphatic carboxylic acids is 1. The molecule has 0 saturated heterocycles. The fourth-order valence-corrected chi connectivity index (χ4v) is 1.74. The van der Waals surface area contributed by atoms with Gasteiger partial charge in [0.15, 0.2) is 6.10 Å². The molecule has 21 heavy (non-hydrogen) atoms. The molecule has 0 aliphatic rings. The Kier molecular flexibility index (Phi) is 12.2. The third kappa shape index (κ3) is 12.1. The first kappa shape index (κ1) is 20.8. The molecule has 1 atom stereocenters. The topological polar surface area (TPSA) is 74.2 Å². The van der Waals surface area contributed by atoms with Gasteiger partial charge in [-0.2, -0.15) is 0 Å². The zero-order chi connectivity index (χ0) is 16.1. The molecule has 1 N–H and O–H groups in total. The fourth-order valence-electron chi connectivity index (χ4n) is 1.51. The summed E-state index contributed by atoms with van der Waals surface area (Å²) < 4.78 is 21.2. The first-order chi connectivity index (χ1) is 9.89. The lowest BCUT2D eigenvalue weighted by atomic mass is 9.89. The van der Waals surface area contributed by atoms with E-state index in [1.807, 2.05) is 20.8 Å². The molecule has 0 amide bonds. The molecule has 0 heterocycles. The molecule has 0 bridgehead atoms. The van der Waals surface area contributed by atoms with Crippen LogP contribution in [0, 0.1) is 5.41 Å². The molecule has 6 nitrogen and oxygen atoms in total. The van der Waals surface area contributed by atoms with Crippen molar-refractivity contribution in [2.24, 2.45) is 5.41 Å². The summed E-state index contributed by atoms with van der Waals surface area (Å²) in [7, 11) is 0. The minimum atomic E-state index is -0.950. The molecule has 0 fully saturated rings. The van der Waals surface area contributed by atoms with Crippen LogP contribution in [-0.4, -0.2) is 68.8 Å². The maximum Gasteiger partial charge on any atom is 0.333 e. The second-order valence-electron chi connectivity index (χ2n) is 5.48. The van der Waals surface area contributed by atoms with E-state index < -0.39 is 17.5 Å². The van der Waals surface area contributed by atoms with E-state index in [9.17, 15) is 4.79 Å². The van der Waals surface area contributed by atoms with Gasteiger partial charge in [0, 0.05) is 5.33 Å². The molecule has 7 heteroatoms. The number of carbonyl (C=O) groups is 1. The van der Waals surface area contributed by atoms with E-state index >= 15 is 0 Å². The van der Waals surface area contributed by atoms with Crippen molar-refractivity contribution >= 4 is 21.9 Å². The summed E-state index contributed by atoms with van der Waals surface area (Å²) in [4.78, 5) is 11.1. The Morgan fingerprint density at radius 2 is 1.38 bits per heavy atom. The average molecular weight is 371 g/mol. The van der Waals surface area contributed by atoms with Crippen molar-refractivity contribution in [3.8, 4) is 0 Å². The summed E-state index contributed by atoms with van der Waals surface area (Å²) in [6.45, 7) is 8.82. The molecule has 0 aliphatic carbocycles. The van der Waals surface area contributed by atoms with E-state index in [2.05, 4.69) is 15.9 Å². The normalized spacial score (nSPS) is 13.3.